The SMILES string of the molecule is C[C@H](NC(=O)Cn1c(=O)[nH]c2ccccc2c1=O)c1ccc(Cl)cn1. The quantitative estimate of drug-likeness (QED) is 0.740. The Morgan fingerprint density at radius 3 is 2.76 bits per heavy atom. The maximum Gasteiger partial charge on any atom is 0.329 e. The predicted octanol–water partition coefficient (Wildman–Crippen LogP) is 1.62. The zero-order valence-corrected chi connectivity index (χ0v) is 14.1. The lowest BCUT2D eigenvalue weighted by molar-refractivity contribution is -0.122. The van der Waals surface area contributed by atoms with Crippen LogP contribution in [0, 0.1) is 0 Å². The Morgan fingerprint density at radius 1 is 1.28 bits per heavy atom. The van der Waals surface area contributed by atoms with Crippen LogP contribution in [0.15, 0.2) is 52.2 Å². The molecule has 0 unspecified atom stereocenters. The molecule has 0 saturated heterocycles. The van der Waals surface area contributed by atoms with Gasteiger partial charge in [-0.2, -0.15) is 0 Å². The van der Waals surface area contributed by atoms with E-state index in [9.17, 15) is 14.4 Å². The minimum Gasteiger partial charge on any atom is -0.346 e. The van der Waals surface area contributed by atoms with Gasteiger partial charge in [-0.25, -0.2) is 4.79 Å². The largest absolute Gasteiger partial charge is 0.346 e. The lowest BCUT2D eigenvalue weighted by Gasteiger charge is -2.14. The molecule has 2 aromatic heterocycles. The van der Waals surface area contributed by atoms with Crippen LogP contribution in [-0.4, -0.2) is 20.4 Å². The molecule has 1 amide bonds. The van der Waals surface area contributed by atoms with E-state index in [2.05, 4.69) is 15.3 Å². The summed E-state index contributed by atoms with van der Waals surface area (Å²) >= 11 is 5.79. The van der Waals surface area contributed by atoms with Gasteiger partial charge in [0, 0.05) is 6.20 Å². The van der Waals surface area contributed by atoms with Crippen molar-refractivity contribution in [1.29, 1.82) is 0 Å². The number of aromatic nitrogens is 3. The molecule has 0 radical (unpaired) electrons. The van der Waals surface area contributed by atoms with Crippen molar-refractivity contribution in [2.24, 2.45) is 0 Å². The number of H-pyrrole nitrogens is 1. The average molecular weight is 359 g/mol. The maximum absolute atomic E-state index is 12.4. The lowest BCUT2D eigenvalue weighted by atomic mass is 10.2. The van der Waals surface area contributed by atoms with E-state index >= 15 is 0 Å². The zero-order valence-electron chi connectivity index (χ0n) is 13.3. The molecule has 128 valence electrons. The van der Waals surface area contributed by atoms with E-state index in [0.717, 1.165) is 4.57 Å². The van der Waals surface area contributed by atoms with Crippen LogP contribution in [0.3, 0.4) is 0 Å². The molecule has 0 spiro atoms. The van der Waals surface area contributed by atoms with Gasteiger partial charge in [0.05, 0.1) is 27.7 Å². The van der Waals surface area contributed by atoms with E-state index in [0.29, 0.717) is 21.6 Å². The van der Waals surface area contributed by atoms with Crippen LogP contribution in [0.5, 0.6) is 0 Å². The van der Waals surface area contributed by atoms with Crippen LogP contribution < -0.4 is 16.6 Å². The Labute approximate surface area is 147 Å². The molecule has 1 aromatic carbocycles. The number of pyridine rings is 1. The summed E-state index contributed by atoms with van der Waals surface area (Å²) in [6.45, 7) is 1.37. The van der Waals surface area contributed by atoms with Gasteiger partial charge in [0.2, 0.25) is 5.91 Å². The summed E-state index contributed by atoms with van der Waals surface area (Å²) in [7, 11) is 0. The Balaban J connectivity index is 1.81. The number of rotatable bonds is 4. The van der Waals surface area contributed by atoms with Gasteiger partial charge in [-0.3, -0.25) is 19.1 Å². The van der Waals surface area contributed by atoms with Gasteiger partial charge >= 0.3 is 5.69 Å². The van der Waals surface area contributed by atoms with E-state index < -0.39 is 17.2 Å². The molecule has 3 aromatic rings. The molecular weight excluding hydrogens is 344 g/mol. The Bertz CT molecular complexity index is 1040. The molecule has 2 heterocycles. The third-order valence-corrected chi connectivity index (χ3v) is 3.99. The van der Waals surface area contributed by atoms with Gasteiger partial charge < -0.3 is 10.3 Å². The number of carbonyl (C=O) groups excluding carboxylic acids is 1. The van der Waals surface area contributed by atoms with Gasteiger partial charge in [-0.05, 0) is 31.2 Å². The standard InChI is InChI=1S/C17H15ClN4O3/c1-10(13-7-6-11(18)8-19-13)20-15(23)9-22-16(24)12-4-2-3-5-14(12)21-17(22)25/h2-8,10H,9H2,1H3,(H,20,23)(H,21,25)/t10-/m0/s1. The molecule has 2 N–H and O–H groups in total. The molecule has 0 aliphatic heterocycles. The zero-order chi connectivity index (χ0) is 18.0. The Kier molecular flexibility index (Phi) is 4.67. The Hall–Kier alpha value is -2.93. The van der Waals surface area contributed by atoms with Crippen molar-refractivity contribution in [2.45, 2.75) is 19.5 Å². The number of nitrogens with one attached hydrogen (secondary N) is 2. The van der Waals surface area contributed by atoms with Crippen molar-refractivity contribution in [3.05, 3.63) is 74.1 Å². The fraction of sp³-hybridized carbons (Fsp3) is 0.176. The molecule has 0 bridgehead atoms. The first-order chi connectivity index (χ1) is 12.0. The van der Waals surface area contributed by atoms with Crippen LogP contribution in [0.1, 0.15) is 18.7 Å². The molecule has 0 aliphatic rings. The van der Waals surface area contributed by atoms with Gasteiger partial charge in [-0.15, -0.1) is 0 Å². The highest BCUT2D eigenvalue weighted by Gasteiger charge is 2.14. The number of halogens is 1. The van der Waals surface area contributed by atoms with Gasteiger partial charge in [0.25, 0.3) is 5.56 Å². The molecular formula is C17H15ClN4O3. The van der Waals surface area contributed by atoms with Crippen molar-refractivity contribution < 1.29 is 4.79 Å². The molecule has 8 heteroatoms. The number of para-hydroxylation sites is 1. The first kappa shape index (κ1) is 16.9. The van der Waals surface area contributed by atoms with Crippen LogP contribution in [0.4, 0.5) is 0 Å². The molecule has 25 heavy (non-hydrogen) atoms. The normalized spacial score (nSPS) is 12.1. The smallest absolute Gasteiger partial charge is 0.329 e. The molecule has 0 fully saturated rings. The summed E-state index contributed by atoms with van der Waals surface area (Å²) in [6.07, 6.45) is 1.48. The second-order valence-electron chi connectivity index (χ2n) is 5.56. The van der Waals surface area contributed by atoms with Crippen molar-refractivity contribution in [2.75, 3.05) is 0 Å². The second-order valence-corrected chi connectivity index (χ2v) is 5.99. The van der Waals surface area contributed by atoms with Crippen molar-refractivity contribution >= 4 is 28.4 Å². The first-order valence-electron chi connectivity index (χ1n) is 7.58. The van der Waals surface area contributed by atoms with Crippen LogP contribution in [0.25, 0.3) is 10.9 Å². The highest BCUT2D eigenvalue weighted by Crippen LogP contribution is 2.12. The van der Waals surface area contributed by atoms with Crippen molar-refractivity contribution in [3.8, 4) is 0 Å². The summed E-state index contributed by atoms with van der Waals surface area (Å²) in [5, 5.41) is 3.56. The number of nitrogens with zero attached hydrogens (tertiary/aromatic N) is 2. The van der Waals surface area contributed by atoms with Gasteiger partial charge in [-0.1, -0.05) is 23.7 Å². The molecule has 1 atom stereocenters. The first-order valence-corrected chi connectivity index (χ1v) is 7.96. The van der Waals surface area contributed by atoms with Gasteiger partial charge in [0.15, 0.2) is 0 Å². The molecule has 7 nitrogen and oxygen atoms in total. The number of fused-ring (bicyclic) bond motifs is 1. The molecule has 3 rings (SSSR count). The van der Waals surface area contributed by atoms with Crippen molar-refractivity contribution in [1.82, 2.24) is 19.9 Å². The highest BCUT2D eigenvalue weighted by atomic mass is 35.5. The van der Waals surface area contributed by atoms with E-state index in [1.807, 2.05) is 0 Å². The predicted molar refractivity (Wildman–Crippen MR) is 94.6 cm³/mol. The minimum absolute atomic E-state index is 0.349. The number of hydrogen-bond acceptors (Lipinski definition) is 4. The third kappa shape index (κ3) is 3.61. The summed E-state index contributed by atoms with van der Waals surface area (Å²) in [4.78, 5) is 43.5. The summed E-state index contributed by atoms with van der Waals surface area (Å²) in [5.41, 5.74) is -0.0756. The second kappa shape index (κ2) is 6.90. The van der Waals surface area contributed by atoms with E-state index in [1.165, 1.54) is 6.20 Å². The molecule has 0 saturated carbocycles. The lowest BCUT2D eigenvalue weighted by Crippen LogP contribution is -2.41. The van der Waals surface area contributed by atoms with Crippen LogP contribution in [0.2, 0.25) is 5.02 Å². The minimum atomic E-state index is -0.629. The third-order valence-electron chi connectivity index (χ3n) is 3.76. The van der Waals surface area contributed by atoms with E-state index in [1.54, 1.807) is 43.3 Å². The van der Waals surface area contributed by atoms with Crippen molar-refractivity contribution in [3.63, 3.8) is 0 Å². The fourth-order valence-corrected chi connectivity index (χ4v) is 2.60. The summed E-state index contributed by atoms with van der Waals surface area (Å²) in [5.74, 6) is -0.466. The monoisotopic (exact) mass is 358 g/mol. The topological polar surface area (TPSA) is 96.9 Å². The van der Waals surface area contributed by atoms with Gasteiger partial charge in [0.1, 0.15) is 6.54 Å². The van der Waals surface area contributed by atoms with Crippen LogP contribution >= 0.6 is 11.6 Å². The van der Waals surface area contributed by atoms with E-state index in [-0.39, 0.29) is 12.6 Å². The number of aromatic amines is 1. The number of benzene rings is 1. The van der Waals surface area contributed by atoms with E-state index in [4.69, 9.17) is 11.6 Å². The van der Waals surface area contributed by atoms with Crippen LogP contribution in [-0.2, 0) is 11.3 Å². The molecule has 0 aliphatic carbocycles. The summed E-state index contributed by atoms with van der Waals surface area (Å²) < 4.78 is 0.875. The fourth-order valence-electron chi connectivity index (χ4n) is 2.49. The number of carbonyl (C=O) groups is 1. The average Bonchev–Trinajstić information content (AvgIpc) is 2.59. The highest BCUT2D eigenvalue weighted by molar-refractivity contribution is 6.30. The number of amides is 1. The summed E-state index contributed by atoms with van der Waals surface area (Å²) in [6, 6.07) is 9.63. The maximum atomic E-state index is 12.4. The Morgan fingerprint density at radius 2 is 2.04 bits per heavy atom. The number of hydrogen-bond donors (Lipinski definition) is 2.